The third-order valence-corrected chi connectivity index (χ3v) is 5.54. The summed E-state index contributed by atoms with van der Waals surface area (Å²) in [6, 6.07) is 12.1. The Kier molecular flexibility index (Phi) is 6.81. The second-order valence-electron chi connectivity index (χ2n) is 6.53. The minimum atomic E-state index is 0.0171. The average Bonchev–Trinajstić information content (AvgIpc) is 3.15. The lowest BCUT2D eigenvalue weighted by molar-refractivity contribution is -0.119. The number of nitrogens with zero attached hydrogens (tertiary/aromatic N) is 4. The van der Waals surface area contributed by atoms with Crippen LogP contribution in [0.15, 0.2) is 53.9 Å². The zero-order valence-electron chi connectivity index (χ0n) is 16.4. The van der Waals surface area contributed by atoms with Crippen LogP contribution in [0.2, 0.25) is 0 Å². The number of thioether (sulfide) groups is 1. The summed E-state index contributed by atoms with van der Waals surface area (Å²) in [7, 11) is 0. The zero-order valence-corrected chi connectivity index (χ0v) is 17.2. The van der Waals surface area contributed by atoms with Gasteiger partial charge in [-0.25, -0.2) is 0 Å². The molecule has 0 saturated carbocycles. The minimum absolute atomic E-state index is 0.0171. The van der Waals surface area contributed by atoms with Crippen LogP contribution in [-0.4, -0.2) is 37.5 Å². The number of carbonyl (C=O) groups is 1. The number of aromatic nitrogens is 4. The Morgan fingerprint density at radius 2 is 1.82 bits per heavy atom. The summed E-state index contributed by atoms with van der Waals surface area (Å²) in [6.45, 7) is 6.22. The molecule has 0 atom stereocenters. The van der Waals surface area contributed by atoms with Gasteiger partial charge in [-0.15, -0.1) is 10.2 Å². The predicted octanol–water partition coefficient (Wildman–Crippen LogP) is 4.03. The quantitative estimate of drug-likeness (QED) is 0.583. The molecule has 0 spiro atoms. The highest BCUT2D eigenvalue weighted by Gasteiger charge is 2.18. The van der Waals surface area contributed by atoms with Crippen LogP contribution in [0.25, 0.3) is 17.1 Å². The Bertz CT molecular complexity index is 922. The molecule has 146 valence electrons. The van der Waals surface area contributed by atoms with Gasteiger partial charge in [-0.05, 0) is 43.5 Å². The number of hydrogen-bond acceptors (Lipinski definition) is 5. The van der Waals surface area contributed by atoms with Gasteiger partial charge >= 0.3 is 0 Å². The highest BCUT2D eigenvalue weighted by molar-refractivity contribution is 7.99. The van der Waals surface area contributed by atoms with Crippen molar-refractivity contribution in [1.82, 2.24) is 25.1 Å². The van der Waals surface area contributed by atoms with Crippen molar-refractivity contribution < 1.29 is 4.79 Å². The first-order valence-corrected chi connectivity index (χ1v) is 10.5. The molecule has 0 unspecified atom stereocenters. The first-order valence-electron chi connectivity index (χ1n) is 9.48. The van der Waals surface area contributed by atoms with Gasteiger partial charge in [-0.3, -0.25) is 14.3 Å². The molecule has 6 nitrogen and oxygen atoms in total. The summed E-state index contributed by atoms with van der Waals surface area (Å²) in [4.78, 5) is 16.4. The van der Waals surface area contributed by atoms with Crippen LogP contribution in [-0.2, 0) is 4.79 Å². The molecule has 0 aliphatic rings. The molecule has 3 rings (SSSR count). The summed E-state index contributed by atoms with van der Waals surface area (Å²) in [5.41, 5.74) is 3.04. The lowest BCUT2D eigenvalue weighted by Gasteiger charge is -2.15. The van der Waals surface area contributed by atoms with E-state index in [2.05, 4.69) is 47.3 Å². The van der Waals surface area contributed by atoms with Gasteiger partial charge < -0.3 is 5.32 Å². The first-order chi connectivity index (χ1) is 13.6. The summed E-state index contributed by atoms with van der Waals surface area (Å²) < 4.78 is 2.01. The molecule has 0 radical (unpaired) electrons. The monoisotopic (exact) mass is 395 g/mol. The molecule has 0 saturated heterocycles. The van der Waals surface area contributed by atoms with E-state index in [4.69, 9.17) is 0 Å². The molecule has 0 aliphatic heterocycles. The Labute approximate surface area is 169 Å². The number of pyridine rings is 1. The molecular formula is C21H25N5OS. The van der Waals surface area contributed by atoms with Gasteiger partial charge in [-0.2, -0.15) is 0 Å². The summed E-state index contributed by atoms with van der Waals surface area (Å²) in [6.07, 6.45) is 5.33. The smallest absolute Gasteiger partial charge is 0.230 e. The van der Waals surface area contributed by atoms with Crippen molar-refractivity contribution in [3.8, 4) is 17.1 Å². The van der Waals surface area contributed by atoms with E-state index >= 15 is 0 Å². The largest absolute Gasteiger partial charge is 0.353 e. The lowest BCUT2D eigenvalue weighted by atomic mass is 10.2. The van der Waals surface area contributed by atoms with Gasteiger partial charge in [0, 0.05) is 24.0 Å². The third kappa shape index (κ3) is 4.59. The SMILES string of the molecule is CCC(CC)NC(=O)CSc1nnc(-c2ccncc2)n1-c1ccccc1C. The molecule has 2 aromatic heterocycles. The van der Waals surface area contributed by atoms with Crippen LogP contribution in [0.1, 0.15) is 32.3 Å². The van der Waals surface area contributed by atoms with Crippen molar-refractivity contribution in [2.75, 3.05) is 5.75 Å². The summed E-state index contributed by atoms with van der Waals surface area (Å²) in [5.74, 6) is 1.06. The van der Waals surface area contributed by atoms with Crippen LogP contribution in [0.4, 0.5) is 0 Å². The molecule has 0 fully saturated rings. The fourth-order valence-electron chi connectivity index (χ4n) is 2.98. The predicted molar refractivity (Wildman–Crippen MR) is 113 cm³/mol. The van der Waals surface area contributed by atoms with Crippen LogP contribution in [0.5, 0.6) is 0 Å². The van der Waals surface area contributed by atoms with E-state index in [1.54, 1.807) is 12.4 Å². The van der Waals surface area contributed by atoms with Crippen LogP contribution >= 0.6 is 11.8 Å². The van der Waals surface area contributed by atoms with Gasteiger partial charge in [0.05, 0.1) is 11.4 Å². The van der Waals surface area contributed by atoms with Crippen LogP contribution in [0, 0.1) is 6.92 Å². The molecule has 1 aromatic carbocycles. The number of carbonyl (C=O) groups excluding carboxylic acids is 1. The van der Waals surface area contributed by atoms with Gasteiger partial charge in [0.25, 0.3) is 0 Å². The van der Waals surface area contributed by atoms with E-state index in [0.29, 0.717) is 10.9 Å². The molecule has 1 amide bonds. The van der Waals surface area contributed by atoms with E-state index in [1.807, 2.05) is 34.9 Å². The average molecular weight is 396 g/mol. The molecule has 0 bridgehead atoms. The maximum atomic E-state index is 12.3. The van der Waals surface area contributed by atoms with E-state index in [9.17, 15) is 4.79 Å². The molecule has 1 N–H and O–H groups in total. The second kappa shape index (κ2) is 9.50. The number of aryl methyl sites for hydroxylation is 1. The molecular weight excluding hydrogens is 370 g/mol. The fourth-order valence-corrected chi connectivity index (χ4v) is 3.73. The second-order valence-corrected chi connectivity index (χ2v) is 7.48. The fraction of sp³-hybridized carbons (Fsp3) is 0.333. The van der Waals surface area contributed by atoms with Crippen molar-refractivity contribution in [2.45, 2.75) is 44.8 Å². The molecule has 3 aromatic rings. The van der Waals surface area contributed by atoms with Gasteiger partial charge in [-0.1, -0.05) is 43.8 Å². The first kappa shape index (κ1) is 20.1. The van der Waals surface area contributed by atoms with Crippen molar-refractivity contribution in [2.24, 2.45) is 0 Å². The number of amides is 1. The van der Waals surface area contributed by atoms with E-state index in [1.165, 1.54) is 11.8 Å². The molecule has 7 heteroatoms. The van der Waals surface area contributed by atoms with E-state index in [-0.39, 0.29) is 11.9 Å². The summed E-state index contributed by atoms with van der Waals surface area (Å²) >= 11 is 1.40. The van der Waals surface area contributed by atoms with Crippen molar-refractivity contribution >= 4 is 17.7 Å². The third-order valence-electron chi connectivity index (χ3n) is 4.61. The molecule has 2 heterocycles. The zero-order chi connectivity index (χ0) is 19.9. The standard InChI is InChI=1S/C21H25N5OS/c1-4-17(5-2)23-19(27)14-28-21-25-24-20(16-10-12-22-13-11-16)26(21)18-9-7-6-8-15(18)3/h6-13,17H,4-5,14H2,1-3H3,(H,23,27). The van der Waals surface area contributed by atoms with Crippen molar-refractivity contribution in [1.29, 1.82) is 0 Å². The number of benzene rings is 1. The Hall–Kier alpha value is -2.67. The highest BCUT2D eigenvalue weighted by Crippen LogP contribution is 2.29. The maximum Gasteiger partial charge on any atom is 0.230 e. The van der Waals surface area contributed by atoms with E-state index < -0.39 is 0 Å². The van der Waals surface area contributed by atoms with Crippen LogP contribution < -0.4 is 5.32 Å². The normalized spacial score (nSPS) is 11.0. The Morgan fingerprint density at radius 1 is 1.11 bits per heavy atom. The van der Waals surface area contributed by atoms with Crippen LogP contribution in [0.3, 0.4) is 0 Å². The maximum absolute atomic E-state index is 12.3. The van der Waals surface area contributed by atoms with Crippen molar-refractivity contribution in [3.05, 3.63) is 54.4 Å². The van der Waals surface area contributed by atoms with E-state index in [0.717, 1.165) is 35.5 Å². The van der Waals surface area contributed by atoms with Gasteiger partial charge in [0.2, 0.25) is 5.91 Å². The lowest BCUT2D eigenvalue weighted by Crippen LogP contribution is -2.35. The topological polar surface area (TPSA) is 72.7 Å². The van der Waals surface area contributed by atoms with Crippen molar-refractivity contribution in [3.63, 3.8) is 0 Å². The summed E-state index contributed by atoms with van der Waals surface area (Å²) in [5, 5.41) is 12.6. The van der Waals surface area contributed by atoms with Gasteiger partial charge in [0.1, 0.15) is 0 Å². The number of hydrogen-bond donors (Lipinski definition) is 1. The van der Waals surface area contributed by atoms with Gasteiger partial charge in [0.15, 0.2) is 11.0 Å². The molecule has 0 aliphatic carbocycles. The molecule has 28 heavy (non-hydrogen) atoms. The minimum Gasteiger partial charge on any atom is -0.353 e. The number of nitrogens with one attached hydrogen (secondary N) is 1. The number of rotatable bonds is 8. The Balaban J connectivity index is 1.91. The number of para-hydroxylation sites is 1. The Morgan fingerprint density at radius 3 is 2.50 bits per heavy atom. The highest BCUT2D eigenvalue weighted by atomic mass is 32.2.